The van der Waals surface area contributed by atoms with E-state index in [1.807, 2.05) is 0 Å². The average molecular weight is 364 g/mol. The van der Waals surface area contributed by atoms with Crippen LogP contribution in [0.15, 0.2) is 12.2 Å². The zero-order chi connectivity index (χ0) is 18.8. The van der Waals surface area contributed by atoms with E-state index in [0.29, 0.717) is 18.4 Å². The van der Waals surface area contributed by atoms with Crippen molar-refractivity contribution in [3.8, 4) is 0 Å². The number of aliphatic hydroxyl groups is 4. The van der Waals surface area contributed by atoms with Crippen molar-refractivity contribution in [2.75, 3.05) is 0 Å². The van der Waals surface area contributed by atoms with Crippen LogP contribution in [0.2, 0.25) is 0 Å². The Morgan fingerprint density at radius 2 is 1.85 bits per heavy atom. The topological polar surface area (TPSA) is 107 Å². The number of hydrogen-bond acceptors (Lipinski definition) is 6. The lowest BCUT2D eigenvalue weighted by atomic mass is 9.36. The molecule has 10 atom stereocenters. The first-order valence-electron chi connectivity index (χ1n) is 9.72. The van der Waals surface area contributed by atoms with Crippen molar-refractivity contribution in [3.63, 3.8) is 0 Å². The lowest BCUT2D eigenvalue weighted by Gasteiger charge is -2.73. The molecule has 2 heterocycles. The maximum Gasteiger partial charge on any atom is 0.170 e. The van der Waals surface area contributed by atoms with Crippen LogP contribution in [0.1, 0.15) is 39.5 Å². The van der Waals surface area contributed by atoms with Gasteiger partial charge in [0.15, 0.2) is 12.1 Å². The fourth-order valence-electron chi connectivity index (χ4n) is 7.83. The van der Waals surface area contributed by atoms with Crippen LogP contribution in [-0.2, 0) is 9.53 Å². The normalized spacial score (nSPS) is 59.9. The number of carbonyl (C=O) groups is 1. The third-order valence-electron chi connectivity index (χ3n) is 8.83. The number of ether oxygens (including phenoxy) is 1. The zero-order valence-corrected chi connectivity index (χ0v) is 15.3. The van der Waals surface area contributed by atoms with Crippen molar-refractivity contribution >= 4 is 5.78 Å². The van der Waals surface area contributed by atoms with Gasteiger partial charge in [0.25, 0.3) is 0 Å². The van der Waals surface area contributed by atoms with Gasteiger partial charge in [0.05, 0.1) is 35.2 Å². The first-order chi connectivity index (χ1) is 12.1. The summed E-state index contributed by atoms with van der Waals surface area (Å²) >= 11 is 0. The largest absolute Gasteiger partial charge is 0.393 e. The van der Waals surface area contributed by atoms with Gasteiger partial charge in [0.1, 0.15) is 0 Å². The molecule has 26 heavy (non-hydrogen) atoms. The van der Waals surface area contributed by atoms with Gasteiger partial charge in [-0.05, 0) is 42.6 Å². The molecule has 4 bridgehead atoms. The molecule has 0 aromatic rings. The zero-order valence-electron chi connectivity index (χ0n) is 15.3. The highest BCUT2D eigenvalue weighted by atomic mass is 16.6. The Morgan fingerprint density at radius 3 is 2.54 bits per heavy atom. The number of aliphatic hydroxyl groups excluding tert-OH is 4. The lowest BCUT2D eigenvalue weighted by molar-refractivity contribution is -0.411. The minimum atomic E-state index is -1.30. The maximum atomic E-state index is 13.3. The van der Waals surface area contributed by atoms with Gasteiger partial charge in [-0.1, -0.05) is 20.4 Å². The van der Waals surface area contributed by atoms with Crippen LogP contribution in [0, 0.1) is 34.0 Å². The number of rotatable bonds is 0. The Labute approximate surface area is 152 Å². The monoisotopic (exact) mass is 364 g/mol. The first-order valence-corrected chi connectivity index (χ1v) is 9.72. The van der Waals surface area contributed by atoms with Crippen molar-refractivity contribution in [1.29, 1.82) is 0 Å². The Morgan fingerprint density at radius 1 is 1.15 bits per heavy atom. The van der Waals surface area contributed by atoms with E-state index >= 15 is 0 Å². The molecule has 0 unspecified atom stereocenters. The van der Waals surface area contributed by atoms with E-state index in [1.165, 1.54) is 0 Å². The predicted octanol–water partition coefficient (Wildman–Crippen LogP) is 0.374. The van der Waals surface area contributed by atoms with Gasteiger partial charge in [-0.15, -0.1) is 0 Å². The highest BCUT2D eigenvalue weighted by Gasteiger charge is 2.83. The van der Waals surface area contributed by atoms with E-state index in [9.17, 15) is 25.2 Å². The van der Waals surface area contributed by atoms with Crippen LogP contribution < -0.4 is 0 Å². The number of hydrogen-bond donors (Lipinski definition) is 4. The molecule has 2 saturated heterocycles. The van der Waals surface area contributed by atoms with Gasteiger partial charge < -0.3 is 25.2 Å². The summed E-state index contributed by atoms with van der Waals surface area (Å²) in [7, 11) is 0. The minimum absolute atomic E-state index is 0.0943. The second-order valence-electron chi connectivity index (χ2n) is 9.93. The molecule has 6 nitrogen and oxygen atoms in total. The summed E-state index contributed by atoms with van der Waals surface area (Å²) < 4.78 is 5.90. The molecule has 0 aromatic carbocycles. The van der Waals surface area contributed by atoms with E-state index in [0.717, 1.165) is 6.42 Å². The standard InChI is InChI=1S/C20H28O6/c1-8-9-6-10(21)14-19-11(18(2,3)5-4-12(19)22)7-13(26-17(19)25)20(14,15(8)23)16(9)24/h9-14,16-17,21-22,24-25H,1,4-7H2,2-3H3/t9-,10+,11+,12+,13-,14+,16-,17+,19+,20-/m0/s1. The van der Waals surface area contributed by atoms with E-state index in [4.69, 9.17) is 4.74 Å². The van der Waals surface area contributed by atoms with E-state index in [-0.39, 0.29) is 23.5 Å². The lowest BCUT2D eigenvalue weighted by Crippen LogP contribution is -2.80. The molecule has 0 amide bonds. The second kappa shape index (κ2) is 4.78. The minimum Gasteiger partial charge on any atom is -0.393 e. The molecule has 0 aromatic heterocycles. The smallest absolute Gasteiger partial charge is 0.170 e. The third kappa shape index (κ3) is 1.51. The van der Waals surface area contributed by atoms with Gasteiger partial charge >= 0.3 is 0 Å². The van der Waals surface area contributed by atoms with Gasteiger partial charge in [-0.2, -0.15) is 0 Å². The van der Waals surface area contributed by atoms with Crippen LogP contribution in [-0.4, -0.2) is 56.9 Å². The predicted molar refractivity (Wildman–Crippen MR) is 90.6 cm³/mol. The van der Waals surface area contributed by atoms with Crippen molar-refractivity contribution in [3.05, 3.63) is 12.2 Å². The highest BCUT2D eigenvalue weighted by Crippen LogP contribution is 2.75. The van der Waals surface area contributed by atoms with Crippen LogP contribution in [0.4, 0.5) is 0 Å². The second-order valence-corrected chi connectivity index (χ2v) is 9.93. The van der Waals surface area contributed by atoms with Crippen molar-refractivity contribution in [2.24, 2.45) is 34.0 Å². The quantitative estimate of drug-likeness (QED) is 0.463. The van der Waals surface area contributed by atoms with Crippen LogP contribution in [0.3, 0.4) is 0 Å². The Hall–Kier alpha value is -0.790. The molecule has 2 aliphatic heterocycles. The van der Waals surface area contributed by atoms with E-state index in [2.05, 4.69) is 20.4 Å². The molecule has 6 aliphatic rings. The van der Waals surface area contributed by atoms with Crippen LogP contribution in [0.25, 0.3) is 0 Å². The summed E-state index contributed by atoms with van der Waals surface area (Å²) in [6, 6.07) is 0. The number of ketones is 1. The van der Waals surface area contributed by atoms with E-state index < -0.39 is 53.4 Å². The van der Waals surface area contributed by atoms with Gasteiger partial charge in [-0.3, -0.25) is 4.79 Å². The molecule has 2 spiro atoms. The molecule has 144 valence electrons. The summed E-state index contributed by atoms with van der Waals surface area (Å²) in [5.74, 6) is -1.54. The number of Topliss-reactive ketones (excluding diaryl/α,β-unsaturated/α-hetero) is 1. The number of fused-ring (bicyclic) bond motifs is 2. The molecule has 6 heteroatoms. The van der Waals surface area contributed by atoms with Gasteiger partial charge in [0.2, 0.25) is 0 Å². The fourth-order valence-corrected chi connectivity index (χ4v) is 7.83. The Bertz CT molecular complexity index is 696. The van der Waals surface area contributed by atoms with Crippen molar-refractivity contribution in [2.45, 2.75) is 70.2 Å². The summed E-state index contributed by atoms with van der Waals surface area (Å²) in [6.07, 6.45) is -2.67. The summed E-state index contributed by atoms with van der Waals surface area (Å²) in [4.78, 5) is 13.3. The third-order valence-corrected chi connectivity index (χ3v) is 8.83. The van der Waals surface area contributed by atoms with Crippen molar-refractivity contribution in [1.82, 2.24) is 0 Å². The van der Waals surface area contributed by atoms with Gasteiger partial charge in [0, 0.05) is 11.8 Å². The highest BCUT2D eigenvalue weighted by molar-refractivity contribution is 6.04. The Kier molecular flexibility index (Phi) is 3.19. The number of carbonyl (C=O) groups excluding carboxylic acids is 1. The summed E-state index contributed by atoms with van der Waals surface area (Å²) in [5, 5.41) is 44.4. The van der Waals surface area contributed by atoms with Gasteiger partial charge in [-0.25, -0.2) is 0 Å². The van der Waals surface area contributed by atoms with Crippen LogP contribution in [0.5, 0.6) is 0 Å². The fraction of sp³-hybridized carbons (Fsp3) is 0.850. The molecular weight excluding hydrogens is 336 g/mol. The van der Waals surface area contributed by atoms with Crippen molar-refractivity contribution < 1.29 is 30.0 Å². The Balaban J connectivity index is 1.79. The first kappa shape index (κ1) is 17.3. The molecule has 4 N–H and O–H groups in total. The molecular formula is C20H28O6. The summed E-state index contributed by atoms with van der Waals surface area (Å²) in [6.45, 7) is 8.14. The molecule has 4 aliphatic carbocycles. The van der Waals surface area contributed by atoms with E-state index in [1.54, 1.807) is 0 Å². The average Bonchev–Trinajstić information content (AvgIpc) is 2.70. The molecule has 6 fully saturated rings. The van der Waals surface area contributed by atoms with Crippen LogP contribution >= 0.6 is 0 Å². The molecule has 6 rings (SSSR count). The maximum absolute atomic E-state index is 13.3. The SMILES string of the molecule is C=C1C(=O)[C@]23[C@@H]4C[C@@H]5C(C)(C)CC[C@@H](O)[C@@]5([C@H](O)O4)[C@H]2[C@H](O)C[C@@H]1[C@@H]3O. The molecule has 0 radical (unpaired) electrons. The molecule has 4 saturated carbocycles. The summed E-state index contributed by atoms with van der Waals surface area (Å²) in [5.41, 5.74) is -2.27.